The molecule has 7 nitrogen and oxygen atoms in total. The Bertz CT molecular complexity index is 1070. The van der Waals surface area contributed by atoms with Crippen molar-refractivity contribution in [3.63, 3.8) is 0 Å². The van der Waals surface area contributed by atoms with Gasteiger partial charge in [0.1, 0.15) is 6.04 Å². The number of β-amino-alcohol motifs (C(OH)–C–C–N with tert-alkyl or cyclic N) is 1. The molecule has 0 bridgehead atoms. The van der Waals surface area contributed by atoms with Crippen LogP contribution >= 0.6 is 11.3 Å². The number of thiazole rings is 1. The maximum Gasteiger partial charge on any atom is 0.243 e. The maximum atomic E-state index is 13.6. The van der Waals surface area contributed by atoms with Crippen LogP contribution in [0.5, 0.6) is 0 Å². The Morgan fingerprint density at radius 3 is 2.37 bits per heavy atom. The van der Waals surface area contributed by atoms with Gasteiger partial charge in [-0.15, -0.1) is 11.3 Å². The summed E-state index contributed by atoms with van der Waals surface area (Å²) < 4.78 is 0. The molecule has 190 valence electrons. The van der Waals surface area contributed by atoms with Crippen LogP contribution in [0.25, 0.3) is 10.4 Å². The van der Waals surface area contributed by atoms with Gasteiger partial charge in [-0.3, -0.25) is 9.59 Å². The van der Waals surface area contributed by atoms with E-state index in [1.54, 1.807) is 16.2 Å². The monoisotopic (exact) mass is 498 g/mol. The molecule has 35 heavy (non-hydrogen) atoms. The highest BCUT2D eigenvalue weighted by atomic mass is 32.1. The zero-order valence-electron chi connectivity index (χ0n) is 21.6. The average Bonchev–Trinajstić information content (AvgIpc) is 3.25. The summed E-state index contributed by atoms with van der Waals surface area (Å²) in [6.07, 6.45) is 1.28. The second-order valence-electron chi connectivity index (χ2n) is 11.4. The van der Waals surface area contributed by atoms with Crippen molar-refractivity contribution in [2.24, 2.45) is 5.41 Å². The van der Waals surface area contributed by atoms with E-state index in [1.807, 2.05) is 47.1 Å². The molecule has 0 spiro atoms. The van der Waals surface area contributed by atoms with Gasteiger partial charge in [0.15, 0.2) is 0 Å². The Morgan fingerprint density at radius 2 is 1.86 bits per heavy atom. The second kappa shape index (κ2) is 9.64. The van der Waals surface area contributed by atoms with Gasteiger partial charge in [-0.1, -0.05) is 58.9 Å². The average molecular weight is 499 g/mol. The van der Waals surface area contributed by atoms with Crippen LogP contribution in [0.15, 0.2) is 29.8 Å². The molecule has 2 fully saturated rings. The Balaban J connectivity index is 1.50. The summed E-state index contributed by atoms with van der Waals surface area (Å²) >= 11 is 1.62. The molecule has 1 saturated carbocycles. The number of aromatic nitrogens is 1. The van der Waals surface area contributed by atoms with E-state index >= 15 is 0 Å². The highest BCUT2D eigenvalue weighted by Crippen LogP contribution is 2.46. The predicted molar refractivity (Wildman–Crippen MR) is 139 cm³/mol. The highest BCUT2D eigenvalue weighted by molar-refractivity contribution is 7.13. The number of nitrogens with one attached hydrogen (secondary N) is 2. The first-order valence-corrected chi connectivity index (χ1v) is 13.4. The lowest BCUT2D eigenvalue weighted by Crippen LogP contribution is -2.58. The van der Waals surface area contributed by atoms with Gasteiger partial charge in [-0.05, 0) is 36.3 Å². The van der Waals surface area contributed by atoms with Crippen molar-refractivity contribution in [2.75, 3.05) is 6.54 Å². The van der Waals surface area contributed by atoms with Gasteiger partial charge < -0.3 is 20.6 Å². The number of hydrogen-bond donors (Lipinski definition) is 3. The Morgan fingerprint density at radius 1 is 1.20 bits per heavy atom. The molecule has 1 aliphatic carbocycles. The number of aliphatic hydroxyl groups is 1. The van der Waals surface area contributed by atoms with Gasteiger partial charge >= 0.3 is 0 Å². The summed E-state index contributed by atoms with van der Waals surface area (Å²) in [5, 5.41) is 17.0. The summed E-state index contributed by atoms with van der Waals surface area (Å²) in [6.45, 7) is 12.3. The van der Waals surface area contributed by atoms with Gasteiger partial charge in [0, 0.05) is 19.0 Å². The van der Waals surface area contributed by atoms with Crippen LogP contribution in [0.4, 0.5) is 0 Å². The Labute approximate surface area is 212 Å². The van der Waals surface area contributed by atoms with Crippen molar-refractivity contribution in [3.8, 4) is 10.4 Å². The fraction of sp³-hybridized carbons (Fsp3) is 0.593. The third kappa shape index (κ3) is 5.44. The smallest absolute Gasteiger partial charge is 0.243 e. The topological polar surface area (TPSA) is 94.6 Å². The first kappa shape index (κ1) is 25.8. The van der Waals surface area contributed by atoms with Gasteiger partial charge in [0.25, 0.3) is 0 Å². The number of aliphatic hydroxyl groups excluding tert-OH is 1. The van der Waals surface area contributed by atoms with Crippen molar-refractivity contribution in [1.29, 1.82) is 0 Å². The molecule has 2 heterocycles. The van der Waals surface area contributed by atoms with E-state index in [-0.39, 0.29) is 36.2 Å². The number of nitrogens with zero attached hydrogens (tertiary/aromatic N) is 2. The quantitative estimate of drug-likeness (QED) is 0.542. The second-order valence-corrected chi connectivity index (χ2v) is 12.3. The number of rotatable bonds is 7. The molecule has 3 N–H and O–H groups in total. The van der Waals surface area contributed by atoms with E-state index in [0.717, 1.165) is 34.5 Å². The summed E-state index contributed by atoms with van der Waals surface area (Å²) in [6, 6.07) is 7.33. The van der Waals surface area contributed by atoms with E-state index in [1.165, 1.54) is 0 Å². The van der Waals surface area contributed by atoms with Crippen LogP contribution in [0.3, 0.4) is 0 Å². The van der Waals surface area contributed by atoms with Crippen LogP contribution in [0, 0.1) is 12.3 Å². The number of hydrogen-bond acceptors (Lipinski definition) is 6. The summed E-state index contributed by atoms with van der Waals surface area (Å²) in [5.74, 6) is -0.316. The lowest BCUT2D eigenvalue weighted by atomic mass is 9.85. The molecular formula is C27H38N4O3S. The number of likely N-dealkylation sites (tertiary alicyclic amines) is 1. The van der Waals surface area contributed by atoms with E-state index in [4.69, 9.17) is 0 Å². The van der Waals surface area contributed by atoms with Crippen molar-refractivity contribution in [2.45, 2.75) is 90.6 Å². The summed E-state index contributed by atoms with van der Waals surface area (Å²) in [5.41, 5.74) is 4.33. The molecule has 1 aromatic carbocycles. The Hall–Kier alpha value is -2.29. The minimum Gasteiger partial charge on any atom is -0.391 e. The molecule has 2 amide bonds. The molecular weight excluding hydrogens is 460 g/mol. The third-order valence-electron chi connectivity index (χ3n) is 7.04. The number of aryl methyl sites for hydroxylation is 1. The van der Waals surface area contributed by atoms with Crippen LogP contribution in [-0.4, -0.2) is 57.6 Å². The SMILES string of the molecule is Cc1ncsc1-c1ccc(C2(NC(=O)[C@@H]3C[C@@H](O)CN3C(=O)[C@@H](NC(C)C)C(C)(C)C)CC2)cc1. The van der Waals surface area contributed by atoms with Gasteiger partial charge in [-0.25, -0.2) is 4.98 Å². The van der Waals surface area contributed by atoms with Crippen molar-refractivity contribution in [1.82, 2.24) is 20.5 Å². The van der Waals surface area contributed by atoms with Crippen molar-refractivity contribution >= 4 is 23.2 Å². The molecule has 1 saturated heterocycles. The van der Waals surface area contributed by atoms with Crippen molar-refractivity contribution in [3.05, 3.63) is 41.0 Å². The fourth-order valence-corrected chi connectivity index (χ4v) is 5.76. The molecule has 3 atom stereocenters. The molecule has 8 heteroatoms. The van der Waals surface area contributed by atoms with Crippen LogP contribution in [0.2, 0.25) is 0 Å². The van der Waals surface area contributed by atoms with Crippen LogP contribution < -0.4 is 10.6 Å². The zero-order chi connectivity index (χ0) is 25.5. The van der Waals surface area contributed by atoms with E-state index in [9.17, 15) is 14.7 Å². The largest absolute Gasteiger partial charge is 0.391 e. The molecule has 4 rings (SSSR count). The first-order chi connectivity index (χ1) is 16.4. The minimum absolute atomic E-state index is 0.120. The molecule has 0 unspecified atom stereocenters. The predicted octanol–water partition coefficient (Wildman–Crippen LogP) is 3.60. The normalized spacial score (nSPS) is 22.3. The lowest BCUT2D eigenvalue weighted by molar-refractivity contribution is -0.142. The Kier molecular flexibility index (Phi) is 7.10. The number of carbonyl (C=O) groups is 2. The zero-order valence-corrected chi connectivity index (χ0v) is 22.4. The van der Waals surface area contributed by atoms with Crippen LogP contribution in [0.1, 0.15) is 65.1 Å². The van der Waals surface area contributed by atoms with E-state index in [0.29, 0.717) is 0 Å². The fourth-order valence-electron chi connectivity index (χ4n) is 4.95. The third-order valence-corrected chi connectivity index (χ3v) is 8.01. The van der Waals surface area contributed by atoms with E-state index < -0.39 is 23.7 Å². The molecule has 0 radical (unpaired) electrons. The van der Waals surface area contributed by atoms with Crippen LogP contribution in [-0.2, 0) is 15.1 Å². The van der Waals surface area contributed by atoms with Gasteiger partial charge in [-0.2, -0.15) is 0 Å². The van der Waals surface area contributed by atoms with Gasteiger partial charge in [0.2, 0.25) is 11.8 Å². The van der Waals surface area contributed by atoms with Crippen molar-refractivity contribution < 1.29 is 14.7 Å². The number of benzene rings is 1. The van der Waals surface area contributed by atoms with E-state index in [2.05, 4.69) is 39.9 Å². The maximum absolute atomic E-state index is 13.6. The number of carbonyl (C=O) groups excluding carboxylic acids is 2. The summed E-state index contributed by atoms with van der Waals surface area (Å²) in [7, 11) is 0. The standard InChI is InChI=1S/C27H38N4O3S/c1-16(2)29-23(26(4,5)6)25(34)31-14-20(32)13-21(31)24(33)30-27(11-12-27)19-9-7-18(8-10-19)22-17(3)28-15-35-22/h7-10,15-16,20-21,23,29,32H,11-14H2,1-6H3,(H,30,33)/t20-,21+,23-/m1/s1. The number of amides is 2. The lowest BCUT2D eigenvalue weighted by Gasteiger charge is -2.37. The highest BCUT2D eigenvalue weighted by Gasteiger charge is 2.50. The van der Waals surface area contributed by atoms with Gasteiger partial charge in [0.05, 0.1) is 33.8 Å². The molecule has 2 aromatic rings. The minimum atomic E-state index is -0.702. The molecule has 1 aliphatic heterocycles. The molecule has 2 aliphatic rings. The first-order valence-electron chi connectivity index (χ1n) is 12.5. The summed E-state index contributed by atoms with van der Waals surface area (Å²) in [4.78, 5) is 34.1. The molecule has 1 aromatic heterocycles.